The summed E-state index contributed by atoms with van der Waals surface area (Å²) in [6.45, 7) is 3.13. The van der Waals surface area contributed by atoms with E-state index in [1.54, 1.807) is 30.3 Å². The Balaban J connectivity index is 1.51. The molecule has 1 atom stereocenters. The number of ether oxygens (including phenoxy) is 3. The summed E-state index contributed by atoms with van der Waals surface area (Å²) in [6.07, 6.45) is 0. The highest BCUT2D eigenvalue weighted by Gasteiger charge is 2.48. The number of fused-ring (bicyclic) bond motifs is 2. The molecule has 3 aromatic carbocycles. The fourth-order valence-electron chi connectivity index (χ4n) is 4.59. The number of aromatic nitrogens is 1. The van der Waals surface area contributed by atoms with Crippen molar-refractivity contribution in [1.82, 2.24) is 4.98 Å². The number of carbonyl (C=O) groups is 2. The Morgan fingerprint density at radius 1 is 1.08 bits per heavy atom. The fraction of sp³-hybridized carbons (Fsp3) is 0.179. The molecule has 1 amide bonds. The third-order valence-corrected chi connectivity index (χ3v) is 7.33. The van der Waals surface area contributed by atoms with Crippen molar-refractivity contribution >= 4 is 44.1 Å². The lowest BCUT2D eigenvalue weighted by Gasteiger charge is -2.23. The lowest BCUT2D eigenvalue weighted by molar-refractivity contribution is -0.132. The molecule has 1 aromatic heterocycles. The second-order valence-electron chi connectivity index (χ2n) is 8.64. The highest BCUT2D eigenvalue weighted by Crippen LogP contribution is 2.45. The van der Waals surface area contributed by atoms with Gasteiger partial charge in [0.05, 0.1) is 28.4 Å². The maximum Gasteiger partial charge on any atom is 0.301 e. The maximum absolute atomic E-state index is 13.8. The maximum atomic E-state index is 13.8. The number of thiazole rings is 1. The molecule has 10 heteroatoms. The van der Waals surface area contributed by atoms with E-state index in [0.717, 1.165) is 4.70 Å². The number of ketones is 1. The van der Waals surface area contributed by atoms with Gasteiger partial charge in [0.15, 0.2) is 16.6 Å². The zero-order valence-corrected chi connectivity index (χ0v) is 21.0. The summed E-state index contributed by atoms with van der Waals surface area (Å²) in [7, 11) is 0. The summed E-state index contributed by atoms with van der Waals surface area (Å²) in [5.41, 5.74) is 1.22. The molecule has 1 saturated heterocycles. The van der Waals surface area contributed by atoms with Crippen molar-refractivity contribution in [2.24, 2.45) is 0 Å². The van der Waals surface area contributed by atoms with E-state index < -0.39 is 23.5 Å². The normalized spacial score (nSPS) is 18.3. The van der Waals surface area contributed by atoms with Crippen LogP contribution >= 0.6 is 11.3 Å². The Hall–Kier alpha value is -4.44. The van der Waals surface area contributed by atoms with Gasteiger partial charge in [0, 0.05) is 5.56 Å². The molecule has 2 aliphatic heterocycles. The standard InChI is InChI=1S/C28H21FN2O6S/c1-2-35-18-8-9-19-22(14-18)38-28(30-19)31-24(15-3-6-17(29)7-4-15)23(26(33)27(31)34)25(32)16-5-10-20-21(13-16)37-12-11-36-20/h3-10,13-14,24,32H,2,11-12H2,1H3/t24-/m1/s1. The highest BCUT2D eigenvalue weighted by molar-refractivity contribution is 7.22. The summed E-state index contributed by atoms with van der Waals surface area (Å²) in [5, 5.41) is 11.6. The van der Waals surface area contributed by atoms with Crippen LogP contribution in [0.25, 0.3) is 16.0 Å². The van der Waals surface area contributed by atoms with Crippen molar-refractivity contribution in [2.45, 2.75) is 13.0 Å². The molecule has 38 heavy (non-hydrogen) atoms. The zero-order valence-electron chi connectivity index (χ0n) is 20.1. The van der Waals surface area contributed by atoms with E-state index in [2.05, 4.69) is 4.98 Å². The number of hydrogen-bond donors (Lipinski definition) is 1. The molecule has 3 heterocycles. The first kappa shape index (κ1) is 23.9. The van der Waals surface area contributed by atoms with Crippen LogP contribution in [0, 0.1) is 5.82 Å². The number of nitrogens with zero attached hydrogens (tertiary/aromatic N) is 2. The Bertz CT molecular complexity index is 1610. The molecule has 0 unspecified atom stereocenters. The molecule has 1 fully saturated rings. The van der Waals surface area contributed by atoms with Crippen LogP contribution in [0.15, 0.2) is 66.2 Å². The predicted molar refractivity (Wildman–Crippen MR) is 139 cm³/mol. The first-order chi connectivity index (χ1) is 18.4. The number of aliphatic hydroxyl groups excluding tert-OH is 1. The molecule has 0 aliphatic carbocycles. The number of aliphatic hydroxyl groups is 1. The molecule has 192 valence electrons. The smallest absolute Gasteiger partial charge is 0.301 e. The Labute approximate surface area is 220 Å². The summed E-state index contributed by atoms with van der Waals surface area (Å²) in [5.74, 6) is -0.972. The first-order valence-corrected chi connectivity index (χ1v) is 12.8. The molecule has 0 bridgehead atoms. The van der Waals surface area contributed by atoms with Crippen molar-refractivity contribution < 1.29 is 33.3 Å². The Morgan fingerprint density at radius 2 is 1.84 bits per heavy atom. The van der Waals surface area contributed by atoms with Crippen LogP contribution in [-0.2, 0) is 9.59 Å². The fourth-order valence-corrected chi connectivity index (χ4v) is 5.61. The van der Waals surface area contributed by atoms with Crippen molar-refractivity contribution in [2.75, 3.05) is 24.7 Å². The number of hydrogen-bond acceptors (Lipinski definition) is 8. The van der Waals surface area contributed by atoms with Gasteiger partial charge in [-0.15, -0.1) is 0 Å². The number of halogens is 1. The van der Waals surface area contributed by atoms with Gasteiger partial charge in [0.25, 0.3) is 5.78 Å². The van der Waals surface area contributed by atoms with E-state index in [0.29, 0.717) is 48.1 Å². The first-order valence-electron chi connectivity index (χ1n) is 11.9. The quantitative estimate of drug-likeness (QED) is 0.213. The molecule has 6 rings (SSSR count). The van der Waals surface area contributed by atoms with Crippen molar-refractivity contribution in [1.29, 1.82) is 0 Å². The van der Waals surface area contributed by atoms with Gasteiger partial charge in [-0.1, -0.05) is 23.5 Å². The van der Waals surface area contributed by atoms with Gasteiger partial charge in [0.1, 0.15) is 30.5 Å². The van der Waals surface area contributed by atoms with Crippen LogP contribution in [0.1, 0.15) is 24.1 Å². The molecular formula is C28H21FN2O6S. The summed E-state index contributed by atoms with van der Waals surface area (Å²) in [4.78, 5) is 32.7. The van der Waals surface area contributed by atoms with E-state index in [4.69, 9.17) is 14.2 Å². The predicted octanol–water partition coefficient (Wildman–Crippen LogP) is 5.23. The lowest BCUT2D eigenvalue weighted by atomic mass is 9.95. The molecule has 0 saturated carbocycles. The third kappa shape index (κ3) is 4.03. The van der Waals surface area contributed by atoms with E-state index in [1.807, 2.05) is 13.0 Å². The number of rotatable bonds is 5. The van der Waals surface area contributed by atoms with E-state index >= 15 is 0 Å². The van der Waals surface area contributed by atoms with Gasteiger partial charge < -0.3 is 19.3 Å². The summed E-state index contributed by atoms with van der Waals surface area (Å²) in [6, 6.07) is 14.6. The molecule has 1 N–H and O–H groups in total. The average Bonchev–Trinajstić information content (AvgIpc) is 3.46. The number of carbonyl (C=O) groups excluding carboxylic acids is 2. The van der Waals surface area contributed by atoms with Crippen LogP contribution in [0.5, 0.6) is 17.2 Å². The molecule has 0 radical (unpaired) electrons. The molecule has 2 aliphatic rings. The number of amides is 1. The van der Waals surface area contributed by atoms with Gasteiger partial charge in [-0.3, -0.25) is 14.5 Å². The van der Waals surface area contributed by atoms with Gasteiger partial charge >= 0.3 is 5.91 Å². The number of benzene rings is 3. The van der Waals surface area contributed by atoms with E-state index in [1.165, 1.54) is 40.5 Å². The lowest BCUT2D eigenvalue weighted by Crippen LogP contribution is -2.29. The van der Waals surface area contributed by atoms with Crippen molar-refractivity contribution in [3.05, 3.63) is 83.2 Å². The van der Waals surface area contributed by atoms with Crippen LogP contribution in [0.4, 0.5) is 9.52 Å². The molecule has 4 aromatic rings. The third-order valence-electron chi connectivity index (χ3n) is 6.31. The van der Waals surface area contributed by atoms with Gasteiger partial charge in [-0.25, -0.2) is 9.37 Å². The van der Waals surface area contributed by atoms with Crippen LogP contribution in [0.3, 0.4) is 0 Å². The van der Waals surface area contributed by atoms with E-state index in [-0.39, 0.29) is 22.0 Å². The molecular weight excluding hydrogens is 511 g/mol. The summed E-state index contributed by atoms with van der Waals surface area (Å²) < 4.78 is 31.3. The van der Waals surface area contributed by atoms with Gasteiger partial charge in [-0.2, -0.15) is 0 Å². The minimum absolute atomic E-state index is 0.132. The number of Topliss-reactive ketones (excluding diaryl/α,β-unsaturated/α-hetero) is 1. The Kier molecular flexibility index (Phi) is 5.96. The molecule has 0 spiro atoms. The van der Waals surface area contributed by atoms with Crippen LogP contribution in [0.2, 0.25) is 0 Å². The van der Waals surface area contributed by atoms with Gasteiger partial charge in [-0.05, 0) is 61.0 Å². The van der Waals surface area contributed by atoms with Gasteiger partial charge in [0.2, 0.25) is 0 Å². The second-order valence-corrected chi connectivity index (χ2v) is 9.65. The van der Waals surface area contributed by atoms with Crippen LogP contribution in [-0.4, -0.2) is 41.6 Å². The molecule has 8 nitrogen and oxygen atoms in total. The van der Waals surface area contributed by atoms with Crippen molar-refractivity contribution in [3.8, 4) is 17.2 Å². The minimum Gasteiger partial charge on any atom is -0.507 e. The monoisotopic (exact) mass is 532 g/mol. The zero-order chi connectivity index (χ0) is 26.4. The average molecular weight is 533 g/mol. The Morgan fingerprint density at radius 3 is 2.61 bits per heavy atom. The SMILES string of the molecule is CCOc1ccc2nc(N3C(=O)C(=O)C(=C(O)c4ccc5c(c4)OCCO5)[C@H]3c3ccc(F)cc3)sc2c1. The topological polar surface area (TPSA) is 98.2 Å². The highest BCUT2D eigenvalue weighted by atomic mass is 32.1. The largest absolute Gasteiger partial charge is 0.507 e. The van der Waals surface area contributed by atoms with E-state index in [9.17, 15) is 19.1 Å². The number of anilines is 1. The summed E-state index contributed by atoms with van der Waals surface area (Å²) >= 11 is 1.22. The minimum atomic E-state index is -1.03. The van der Waals surface area contributed by atoms with Crippen molar-refractivity contribution in [3.63, 3.8) is 0 Å². The van der Waals surface area contributed by atoms with Crippen LogP contribution < -0.4 is 19.1 Å². The second kappa shape index (κ2) is 9.46.